The second kappa shape index (κ2) is 6.48. The van der Waals surface area contributed by atoms with Crippen LogP contribution in [0.4, 0.5) is 10.6 Å². The number of alkyl carbamates (subject to hydrolysis) is 1. The molecular formula is C19H22N4O3. The molecule has 2 aliphatic heterocycles. The largest absolute Gasteiger partial charge is 0.507 e. The van der Waals surface area contributed by atoms with Gasteiger partial charge in [0.1, 0.15) is 17.2 Å². The molecule has 2 fully saturated rings. The summed E-state index contributed by atoms with van der Waals surface area (Å²) in [6.07, 6.45) is 2.21. The van der Waals surface area contributed by atoms with E-state index in [9.17, 15) is 9.90 Å². The van der Waals surface area contributed by atoms with E-state index < -0.39 is 5.60 Å². The molecule has 0 bridgehead atoms. The van der Waals surface area contributed by atoms with Crippen molar-refractivity contribution in [2.45, 2.75) is 31.8 Å². The Kier molecular flexibility index (Phi) is 4.14. The molecule has 0 aliphatic carbocycles. The molecule has 1 amide bonds. The number of rotatable bonds is 2. The third kappa shape index (κ3) is 3.16. The van der Waals surface area contributed by atoms with Crippen molar-refractivity contribution in [3.05, 3.63) is 36.0 Å². The zero-order chi connectivity index (χ0) is 18.1. The van der Waals surface area contributed by atoms with Crippen molar-refractivity contribution in [1.82, 2.24) is 15.3 Å². The Balaban J connectivity index is 1.60. The maximum absolute atomic E-state index is 11.5. The molecule has 1 spiro atoms. The van der Waals surface area contributed by atoms with Crippen molar-refractivity contribution < 1.29 is 14.6 Å². The predicted octanol–water partition coefficient (Wildman–Crippen LogP) is 2.63. The van der Waals surface area contributed by atoms with Gasteiger partial charge in [0, 0.05) is 31.3 Å². The fourth-order valence-corrected chi connectivity index (χ4v) is 3.67. The molecule has 2 aromatic rings. The van der Waals surface area contributed by atoms with Gasteiger partial charge in [0.25, 0.3) is 0 Å². The molecule has 136 valence electrons. The lowest BCUT2D eigenvalue weighted by Crippen LogP contribution is -2.35. The van der Waals surface area contributed by atoms with Crippen LogP contribution in [0.5, 0.6) is 5.75 Å². The number of amides is 1. The van der Waals surface area contributed by atoms with E-state index in [-0.39, 0.29) is 11.8 Å². The second-order valence-corrected chi connectivity index (χ2v) is 6.97. The molecule has 0 saturated carbocycles. The smallest absolute Gasteiger partial charge is 0.407 e. The number of aromatic nitrogens is 2. The lowest BCUT2D eigenvalue weighted by molar-refractivity contribution is 0.0473. The molecule has 1 atom stereocenters. The molecule has 4 rings (SSSR count). The number of carbonyl (C=O) groups is 1. The highest BCUT2D eigenvalue weighted by molar-refractivity contribution is 5.70. The summed E-state index contributed by atoms with van der Waals surface area (Å²) in [6.45, 7) is 4.10. The Morgan fingerprint density at radius 3 is 2.85 bits per heavy atom. The maximum Gasteiger partial charge on any atom is 0.407 e. The molecule has 3 heterocycles. The van der Waals surface area contributed by atoms with E-state index in [0.717, 1.165) is 43.9 Å². The SMILES string of the molecule is Cc1cc(N2CCC[C@]3(CC2)CNC(=O)O3)nc(-c2ccccc2O)n1. The third-order valence-electron chi connectivity index (χ3n) is 5.07. The number of para-hydroxylation sites is 1. The van der Waals surface area contributed by atoms with Crippen LogP contribution >= 0.6 is 0 Å². The minimum atomic E-state index is -0.394. The minimum Gasteiger partial charge on any atom is -0.507 e. The van der Waals surface area contributed by atoms with E-state index in [1.807, 2.05) is 25.1 Å². The number of nitrogens with zero attached hydrogens (tertiary/aromatic N) is 3. The predicted molar refractivity (Wildman–Crippen MR) is 97.1 cm³/mol. The van der Waals surface area contributed by atoms with Gasteiger partial charge < -0.3 is 20.1 Å². The van der Waals surface area contributed by atoms with E-state index in [0.29, 0.717) is 17.9 Å². The lowest BCUT2D eigenvalue weighted by atomic mass is 9.95. The zero-order valence-electron chi connectivity index (χ0n) is 14.7. The van der Waals surface area contributed by atoms with Crippen molar-refractivity contribution in [3.8, 4) is 17.1 Å². The van der Waals surface area contributed by atoms with Crippen molar-refractivity contribution in [1.29, 1.82) is 0 Å². The van der Waals surface area contributed by atoms with Gasteiger partial charge in [0.2, 0.25) is 0 Å². The molecular weight excluding hydrogens is 332 g/mol. The van der Waals surface area contributed by atoms with Gasteiger partial charge in [-0.1, -0.05) is 12.1 Å². The quantitative estimate of drug-likeness (QED) is 0.862. The Morgan fingerprint density at radius 2 is 2.08 bits per heavy atom. The van der Waals surface area contributed by atoms with Crippen LogP contribution in [0.25, 0.3) is 11.4 Å². The topological polar surface area (TPSA) is 87.6 Å². The van der Waals surface area contributed by atoms with Gasteiger partial charge in [-0.05, 0) is 31.9 Å². The van der Waals surface area contributed by atoms with Crippen LogP contribution in [0.2, 0.25) is 0 Å². The van der Waals surface area contributed by atoms with Crippen LogP contribution in [0.15, 0.2) is 30.3 Å². The van der Waals surface area contributed by atoms with Crippen molar-refractivity contribution in [2.75, 3.05) is 24.5 Å². The number of carbonyl (C=O) groups excluding carboxylic acids is 1. The third-order valence-corrected chi connectivity index (χ3v) is 5.07. The average molecular weight is 354 g/mol. The first kappa shape index (κ1) is 16.6. The maximum atomic E-state index is 11.5. The first-order chi connectivity index (χ1) is 12.5. The second-order valence-electron chi connectivity index (χ2n) is 6.97. The summed E-state index contributed by atoms with van der Waals surface area (Å²) < 4.78 is 5.54. The van der Waals surface area contributed by atoms with E-state index in [4.69, 9.17) is 9.72 Å². The van der Waals surface area contributed by atoms with Gasteiger partial charge in [-0.25, -0.2) is 14.8 Å². The van der Waals surface area contributed by atoms with Crippen LogP contribution in [-0.4, -0.2) is 46.4 Å². The lowest BCUT2D eigenvalue weighted by Gasteiger charge is -2.25. The molecule has 2 saturated heterocycles. The number of benzene rings is 1. The number of phenols is 1. The van der Waals surface area contributed by atoms with E-state index >= 15 is 0 Å². The summed E-state index contributed by atoms with van der Waals surface area (Å²) in [4.78, 5) is 22.9. The first-order valence-electron chi connectivity index (χ1n) is 8.91. The Bertz CT molecular complexity index is 841. The molecule has 2 N–H and O–H groups in total. The molecule has 7 heteroatoms. The van der Waals surface area contributed by atoms with Crippen LogP contribution in [0, 0.1) is 6.92 Å². The zero-order valence-corrected chi connectivity index (χ0v) is 14.7. The van der Waals surface area contributed by atoms with E-state index in [1.54, 1.807) is 12.1 Å². The standard InChI is InChI=1S/C19H22N4O3/c1-13-11-16(22-17(21-13)14-5-2-3-6-15(14)24)23-9-4-7-19(8-10-23)12-20-18(25)26-19/h2-3,5-6,11,24H,4,7-10,12H2,1H3,(H,20,25)/t19-/m0/s1. The first-order valence-corrected chi connectivity index (χ1v) is 8.91. The molecule has 1 aromatic carbocycles. The Morgan fingerprint density at radius 1 is 1.23 bits per heavy atom. The highest BCUT2D eigenvalue weighted by Gasteiger charge is 2.41. The van der Waals surface area contributed by atoms with Crippen LogP contribution in [0.3, 0.4) is 0 Å². The van der Waals surface area contributed by atoms with Crippen molar-refractivity contribution in [2.24, 2.45) is 0 Å². The summed E-state index contributed by atoms with van der Waals surface area (Å²) in [5.74, 6) is 1.53. The number of aryl methyl sites for hydroxylation is 1. The number of hydrogen-bond donors (Lipinski definition) is 2. The fraction of sp³-hybridized carbons (Fsp3) is 0.421. The minimum absolute atomic E-state index is 0.169. The van der Waals surface area contributed by atoms with Gasteiger partial charge >= 0.3 is 6.09 Å². The van der Waals surface area contributed by atoms with Gasteiger partial charge in [-0.2, -0.15) is 0 Å². The number of aromatic hydroxyl groups is 1. The molecule has 1 aromatic heterocycles. The fourth-order valence-electron chi connectivity index (χ4n) is 3.67. The number of phenolic OH excluding ortho intramolecular Hbond substituents is 1. The summed E-state index contributed by atoms with van der Waals surface area (Å²) >= 11 is 0. The highest BCUT2D eigenvalue weighted by atomic mass is 16.6. The van der Waals surface area contributed by atoms with Gasteiger partial charge in [0.05, 0.1) is 12.1 Å². The number of hydrogen-bond acceptors (Lipinski definition) is 6. The molecule has 0 unspecified atom stereocenters. The summed E-state index contributed by atoms with van der Waals surface area (Å²) in [5, 5.41) is 12.9. The number of anilines is 1. The van der Waals surface area contributed by atoms with Crippen LogP contribution in [-0.2, 0) is 4.74 Å². The van der Waals surface area contributed by atoms with E-state index in [1.165, 1.54) is 0 Å². The monoisotopic (exact) mass is 354 g/mol. The van der Waals surface area contributed by atoms with E-state index in [2.05, 4.69) is 15.2 Å². The normalized spacial score (nSPS) is 22.8. The highest BCUT2D eigenvalue weighted by Crippen LogP contribution is 2.32. The van der Waals surface area contributed by atoms with Gasteiger partial charge in [-0.15, -0.1) is 0 Å². The Labute approximate surface area is 152 Å². The van der Waals surface area contributed by atoms with Crippen LogP contribution < -0.4 is 10.2 Å². The summed E-state index contributed by atoms with van der Waals surface area (Å²) in [7, 11) is 0. The van der Waals surface area contributed by atoms with Crippen LogP contribution in [0.1, 0.15) is 25.0 Å². The van der Waals surface area contributed by atoms with Gasteiger partial charge in [0.15, 0.2) is 5.82 Å². The van der Waals surface area contributed by atoms with Crippen molar-refractivity contribution in [3.63, 3.8) is 0 Å². The summed E-state index contributed by atoms with van der Waals surface area (Å²) in [5.41, 5.74) is 1.08. The molecule has 2 aliphatic rings. The van der Waals surface area contributed by atoms with Gasteiger partial charge in [-0.3, -0.25) is 0 Å². The average Bonchev–Trinajstić information content (AvgIpc) is 2.85. The molecule has 0 radical (unpaired) electrons. The number of ether oxygens (including phenoxy) is 1. The van der Waals surface area contributed by atoms with Crippen molar-refractivity contribution >= 4 is 11.9 Å². The summed E-state index contributed by atoms with van der Waals surface area (Å²) in [6, 6.07) is 9.05. The molecule has 7 nitrogen and oxygen atoms in total. The molecule has 26 heavy (non-hydrogen) atoms. The Hall–Kier alpha value is -2.83. The number of nitrogens with one attached hydrogen (secondary N) is 1.